The summed E-state index contributed by atoms with van der Waals surface area (Å²) in [7, 11) is 0. The van der Waals surface area contributed by atoms with Crippen LogP contribution in [0.1, 0.15) is 70.3 Å². The van der Waals surface area contributed by atoms with Crippen molar-refractivity contribution in [2.75, 3.05) is 13.2 Å². The molecule has 0 heterocycles. The molecule has 1 aromatic rings. The molecule has 0 atom stereocenters. The number of carbonyl (C=O) groups excluding carboxylic acids is 3. The Kier molecular flexibility index (Phi) is 13.2. The zero-order valence-electron chi connectivity index (χ0n) is 18.0. The first-order chi connectivity index (χ1) is 14.9. The van der Waals surface area contributed by atoms with Gasteiger partial charge in [0.2, 0.25) is 0 Å². The molecule has 0 aliphatic heterocycles. The Labute approximate surface area is 182 Å². The topological polar surface area (TPSA) is 113 Å². The molecule has 0 aliphatic carbocycles. The second-order valence-electron chi connectivity index (χ2n) is 7.22. The smallest absolute Gasteiger partial charge is 0.313 e. The minimum atomic E-state index is -0.568. The van der Waals surface area contributed by atoms with E-state index in [-0.39, 0.29) is 18.1 Å². The summed E-state index contributed by atoms with van der Waals surface area (Å²) in [5.41, 5.74) is 0.452. The summed E-state index contributed by atoms with van der Waals surface area (Å²) in [6.07, 6.45) is 10.4. The molecule has 0 amide bonds. The molecule has 0 bridgehead atoms. The number of hydrogen-bond donors (Lipinski definition) is 0. The number of esters is 2. The van der Waals surface area contributed by atoms with E-state index in [9.17, 15) is 24.5 Å². The van der Waals surface area contributed by atoms with Crippen molar-refractivity contribution in [3.05, 3.63) is 46.0 Å². The number of non-ortho nitro benzene ring substituents is 1. The fraction of sp³-hybridized carbons (Fsp3) is 0.522. The van der Waals surface area contributed by atoms with Gasteiger partial charge >= 0.3 is 11.9 Å². The number of rotatable bonds is 16. The van der Waals surface area contributed by atoms with Crippen molar-refractivity contribution in [3.8, 4) is 0 Å². The number of nitrogens with zero attached hydrogens (tertiary/aromatic N) is 1. The predicted molar refractivity (Wildman–Crippen MR) is 116 cm³/mol. The molecule has 0 N–H and O–H groups in total. The zero-order chi connectivity index (χ0) is 22.9. The first-order valence-electron chi connectivity index (χ1n) is 10.6. The lowest BCUT2D eigenvalue weighted by molar-refractivity contribution is -0.384. The van der Waals surface area contributed by atoms with Gasteiger partial charge in [-0.05, 0) is 24.5 Å². The number of hydrogen-bond acceptors (Lipinski definition) is 7. The highest BCUT2D eigenvalue weighted by molar-refractivity contribution is 6.03. The number of carbonyl (C=O) groups is 3. The van der Waals surface area contributed by atoms with Crippen molar-refractivity contribution in [3.63, 3.8) is 0 Å². The summed E-state index contributed by atoms with van der Waals surface area (Å²) in [5, 5.41) is 10.7. The highest BCUT2D eigenvalue weighted by atomic mass is 16.6. The van der Waals surface area contributed by atoms with Gasteiger partial charge in [-0.2, -0.15) is 0 Å². The normalized spacial score (nSPS) is 10.7. The van der Waals surface area contributed by atoms with Crippen LogP contribution in [-0.4, -0.2) is 35.9 Å². The van der Waals surface area contributed by atoms with Gasteiger partial charge in [0.15, 0.2) is 5.78 Å². The Morgan fingerprint density at radius 2 is 1.52 bits per heavy atom. The molecule has 0 aliphatic rings. The third-order valence-corrected chi connectivity index (χ3v) is 4.47. The van der Waals surface area contributed by atoms with E-state index in [2.05, 4.69) is 0 Å². The average Bonchev–Trinajstić information content (AvgIpc) is 2.73. The van der Waals surface area contributed by atoms with Crippen LogP contribution < -0.4 is 0 Å². The lowest BCUT2D eigenvalue weighted by atomic mass is 10.1. The lowest BCUT2D eigenvalue weighted by Gasteiger charge is -2.04. The Morgan fingerprint density at radius 3 is 2.10 bits per heavy atom. The van der Waals surface area contributed by atoms with Crippen LogP contribution in [-0.2, 0) is 23.9 Å². The maximum atomic E-state index is 11.8. The highest BCUT2D eigenvalue weighted by Gasteiger charge is 2.09. The van der Waals surface area contributed by atoms with Crippen LogP contribution in [0.4, 0.5) is 5.69 Å². The number of ketones is 1. The molecule has 0 fully saturated rings. The summed E-state index contributed by atoms with van der Waals surface area (Å²) >= 11 is 0. The summed E-state index contributed by atoms with van der Waals surface area (Å²) < 4.78 is 9.96. The Balaban J connectivity index is 2.05. The van der Waals surface area contributed by atoms with Crippen molar-refractivity contribution in [1.82, 2.24) is 0 Å². The van der Waals surface area contributed by atoms with Crippen LogP contribution in [0.2, 0.25) is 0 Å². The fourth-order valence-electron chi connectivity index (χ4n) is 2.85. The molecule has 0 saturated heterocycles. The molecule has 0 aromatic heterocycles. The second-order valence-corrected chi connectivity index (χ2v) is 7.22. The number of allylic oxidation sites excluding steroid dienone is 1. The van der Waals surface area contributed by atoms with Gasteiger partial charge in [0.05, 0.1) is 18.1 Å². The number of nitro groups is 1. The molecule has 8 heteroatoms. The minimum absolute atomic E-state index is 0.0618. The predicted octanol–water partition coefficient (Wildman–Crippen LogP) is 4.79. The van der Waals surface area contributed by atoms with Crippen LogP contribution in [0.3, 0.4) is 0 Å². The average molecular weight is 434 g/mol. The van der Waals surface area contributed by atoms with Gasteiger partial charge in [-0.1, -0.05) is 56.7 Å². The molecule has 0 radical (unpaired) electrons. The van der Waals surface area contributed by atoms with Gasteiger partial charge in [-0.15, -0.1) is 0 Å². The quantitative estimate of drug-likeness (QED) is 0.0919. The second kappa shape index (κ2) is 15.8. The van der Waals surface area contributed by atoms with Crippen LogP contribution in [0.25, 0.3) is 6.08 Å². The molecule has 8 nitrogen and oxygen atoms in total. The maximum absolute atomic E-state index is 11.8. The molecule has 0 saturated carbocycles. The molecule has 1 rings (SSSR count). The van der Waals surface area contributed by atoms with Crippen molar-refractivity contribution >= 4 is 29.5 Å². The number of unbranched alkanes of at least 4 members (excludes halogenated alkanes) is 7. The highest BCUT2D eigenvalue weighted by Crippen LogP contribution is 2.14. The minimum Gasteiger partial charge on any atom is -0.466 e. The maximum Gasteiger partial charge on any atom is 0.313 e. The fourth-order valence-corrected chi connectivity index (χ4v) is 2.85. The third kappa shape index (κ3) is 13.8. The van der Waals surface area contributed by atoms with Crippen LogP contribution in [0.5, 0.6) is 0 Å². The molecule has 170 valence electrons. The standard InChI is InChI=1S/C23H31NO7/c1-19(25)30-15-8-6-4-2-3-5-7-9-16-31-23(27)18-22(26)14-13-20-11-10-12-21(17-20)24(28)29/h10-14,17H,2-9,15-16,18H2,1H3. The molecular weight excluding hydrogens is 402 g/mol. The monoisotopic (exact) mass is 433 g/mol. The SMILES string of the molecule is CC(=O)OCCCCCCCCCCOC(=O)CC(=O)C=Cc1cccc([N+](=O)[O-])c1. The van der Waals surface area contributed by atoms with E-state index in [1.807, 2.05) is 0 Å². The van der Waals surface area contributed by atoms with Gasteiger partial charge in [0.25, 0.3) is 5.69 Å². The summed E-state index contributed by atoms with van der Waals surface area (Å²) in [6, 6.07) is 5.89. The Morgan fingerprint density at radius 1 is 0.935 bits per heavy atom. The largest absolute Gasteiger partial charge is 0.466 e. The summed E-state index contributed by atoms with van der Waals surface area (Å²) in [6.45, 7) is 2.20. The van der Waals surface area contributed by atoms with Crippen LogP contribution in [0, 0.1) is 10.1 Å². The van der Waals surface area contributed by atoms with E-state index in [4.69, 9.17) is 9.47 Å². The number of nitro benzene ring substituents is 1. The van der Waals surface area contributed by atoms with E-state index in [0.717, 1.165) is 51.4 Å². The van der Waals surface area contributed by atoms with Gasteiger partial charge in [-0.3, -0.25) is 24.5 Å². The molecule has 0 spiro atoms. The third-order valence-electron chi connectivity index (χ3n) is 4.47. The van der Waals surface area contributed by atoms with E-state index in [0.29, 0.717) is 18.8 Å². The van der Waals surface area contributed by atoms with Crippen LogP contribution >= 0.6 is 0 Å². The van der Waals surface area contributed by atoms with Crippen molar-refractivity contribution < 1.29 is 28.8 Å². The number of ether oxygens (including phenoxy) is 2. The van der Waals surface area contributed by atoms with E-state index >= 15 is 0 Å². The van der Waals surface area contributed by atoms with Gasteiger partial charge < -0.3 is 9.47 Å². The van der Waals surface area contributed by atoms with Crippen molar-refractivity contribution in [1.29, 1.82) is 0 Å². The van der Waals surface area contributed by atoms with Crippen LogP contribution in [0.15, 0.2) is 30.3 Å². The molecule has 1 aromatic carbocycles. The van der Waals surface area contributed by atoms with E-state index in [1.165, 1.54) is 37.3 Å². The van der Waals surface area contributed by atoms with E-state index < -0.39 is 16.7 Å². The first kappa shape index (κ1) is 26.0. The Bertz CT molecular complexity index is 758. The van der Waals surface area contributed by atoms with Gasteiger partial charge in [0, 0.05) is 19.1 Å². The Hall–Kier alpha value is -3.03. The molecule has 0 unspecified atom stereocenters. The number of benzene rings is 1. The van der Waals surface area contributed by atoms with Crippen molar-refractivity contribution in [2.45, 2.75) is 64.7 Å². The molecule has 31 heavy (non-hydrogen) atoms. The first-order valence-corrected chi connectivity index (χ1v) is 10.6. The zero-order valence-corrected chi connectivity index (χ0v) is 18.0. The van der Waals surface area contributed by atoms with Crippen molar-refractivity contribution in [2.24, 2.45) is 0 Å². The lowest BCUT2D eigenvalue weighted by Crippen LogP contribution is -2.10. The summed E-state index contributed by atoms with van der Waals surface area (Å²) in [5.74, 6) is -1.21. The van der Waals surface area contributed by atoms with Gasteiger partial charge in [0.1, 0.15) is 6.42 Å². The summed E-state index contributed by atoms with van der Waals surface area (Å²) in [4.78, 5) is 44.4. The van der Waals surface area contributed by atoms with Gasteiger partial charge in [-0.25, -0.2) is 0 Å². The van der Waals surface area contributed by atoms with E-state index in [1.54, 1.807) is 6.07 Å². The molecular formula is C23H31NO7.